The van der Waals surface area contributed by atoms with Gasteiger partial charge in [-0.15, -0.1) is 0 Å². The van der Waals surface area contributed by atoms with Gasteiger partial charge in [-0.1, -0.05) is 23.2 Å². The minimum absolute atomic E-state index is 0.0271. The Morgan fingerprint density at radius 1 is 0.871 bits per heavy atom. The first-order chi connectivity index (χ1) is 14.9. The summed E-state index contributed by atoms with van der Waals surface area (Å²) in [6, 6.07) is 17.7. The van der Waals surface area contributed by atoms with Gasteiger partial charge in [-0.05, 0) is 85.9 Å². The van der Waals surface area contributed by atoms with E-state index < -0.39 is 11.8 Å². The molecule has 0 aliphatic carbocycles. The Kier molecular flexibility index (Phi) is 5.96. The summed E-state index contributed by atoms with van der Waals surface area (Å²) >= 11 is 17.4. The van der Waals surface area contributed by atoms with Gasteiger partial charge in [-0.25, -0.2) is 0 Å². The summed E-state index contributed by atoms with van der Waals surface area (Å²) in [5.41, 5.74) is 2.11. The lowest BCUT2D eigenvalue weighted by Gasteiger charge is -2.36. The molecule has 0 N–H and O–H groups in total. The highest BCUT2D eigenvalue weighted by Gasteiger charge is 2.39. The van der Waals surface area contributed by atoms with Gasteiger partial charge in [0.2, 0.25) is 0 Å². The quantitative estimate of drug-likeness (QED) is 0.294. The Morgan fingerprint density at radius 3 is 2.03 bits per heavy atom. The highest BCUT2D eigenvalue weighted by molar-refractivity contribution is 7.80. The second kappa shape index (κ2) is 8.67. The highest BCUT2D eigenvalue weighted by Crippen LogP contribution is 2.28. The minimum Gasteiger partial charge on any atom is -0.317 e. The number of halogens is 2. The van der Waals surface area contributed by atoms with Gasteiger partial charge in [0.1, 0.15) is 5.57 Å². The van der Waals surface area contributed by atoms with Crippen molar-refractivity contribution in [1.29, 1.82) is 0 Å². The van der Waals surface area contributed by atoms with Crippen molar-refractivity contribution in [3.05, 3.63) is 88.2 Å². The Hall–Kier alpha value is -2.93. The molecular formula is C23H17Cl2N3O2S. The van der Waals surface area contributed by atoms with E-state index in [-0.39, 0.29) is 10.7 Å². The monoisotopic (exact) mass is 469 g/mol. The van der Waals surface area contributed by atoms with Crippen molar-refractivity contribution in [1.82, 2.24) is 9.47 Å². The van der Waals surface area contributed by atoms with Crippen LogP contribution in [0.25, 0.3) is 11.8 Å². The zero-order valence-corrected chi connectivity index (χ0v) is 18.8. The third-order valence-electron chi connectivity index (χ3n) is 4.91. The van der Waals surface area contributed by atoms with Crippen molar-refractivity contribution in [2.24, 2.45) is 0 Å². The molecule has 2 amide bonds. The summed E-state index contributed by atoms with van der Waals surface area (Å²) in [5.74, 6) is -0.905. The van der Waals surface area contributed by atoms with Crippen LogP contribution in [0, 0.1) is 0 Å². The summed E-state index contributed by atoms with van der Waals surface area (Å²) in [6.45, 7) is 2.15. The van der Waals surface area contributed by atoms with Gasteiger partial charge in [-0.2, -0.15) is 0 Å². The largest absolute Gasteiger partial charge is 0.317 e. The number of hydrogen-bond donors (Lipinski definition) is 0. The molecule has 1 fully saturated rings. The number of carbonyl (C=O) groups excluding carboxylic acids is 2. The zero-order chi connectivity index (χ0) is 22.1. The van der Waals surface area contributed by atoms with Gasteiger partial charge in [-0.3, -0.25) is 19.4 Å². The molecule has 1 aromatic heterocycles. The third kappa shape index (κ3) is 4.02. The summed E-state index contributed by atoms with van der Waals surface area (Å²) in [6.07, 6.45) is 3.44. The number of anilines is 1. The van der Waals surface area contributed by atoms with E-state index in [2.05, 4.69) is 0 Å². The predicted molar refractivity (Wildman–Crippen MR) is 128 cm³/mol. The Bertz CT molecular complexity index is 1200. The second-order valence-electron chi connectivity index (χ2n) is 6.79. The van der Waals surface area contributed by atoms with E-state index in [0.717, 1.165) is 5.69 Å². The van der Waals surface area contributed by atoms with Crippen LogP contribution < -0.4 is 4.90 Å². The first-order valence-electron chi connectivity index (χ1n) is 9.51. The predicted octanol–water partition coefficient (Wildman–Crippen LogP) is 5.35. The SMILES string of the molecule is CCN1C(=O)/C(=C\c2cccn2-c2ccc(Cl)cc2)C(=O)N(c2ccc(Cl)cc2)C1=S. The number of amides is 2. The number of rotatable bonds is 4. The molecule has 0 spiro atoms. The molecule has 0 saturated carbocycles. The summed E-state index contributed by atoms with van der Waals surface area (Å²) < 4.78 is 1.87. The smallest absolute Gasteiger partial charge is 0.270 e. The van der Waals surface area contributed by atoms with E-state index in [1.54, 1.807) is 42.5 Å². The molecule has 0 bridgehead atoms. The molecule has 1 aliphatic rings. The lowest BCUT2D eigenvalue weighted by molar-refractivity contribution is -0.127. The number of carbonyl (C=O) groups is 2. The molecule has 31 heavy (non-hydrogen) atoms. The molecule has 0 unspecified atom stereocenters. The van der Waals surface area contributed by atoms with E-state index in [1.165, 1.54) is 9.80 Å². The van der Waals surface area contributed by atoms with E-state index in [9.17, 15) is 9.59 Å². The molecule has 156 valence electrons. The average Bonchev–Trinajstić information content (AvgIpc) is 3.22. The lowest BCUT2D eigenvalue weighted by atomic mass is 10.1. The van der Waals surface area contributed by atoms with Gasteiger partial charge in [0.25, 0.3) is 11.8 Å². The fourth-order valence-corrected chi connectivity index (χ4v) is 4.02. The molecule has 0 atom stereocenters. The topological polar surface area (TPSA) is 45.6 Å². The lowest BCUT2D eigenvalue weighted by Crippen LogP contribution is -2.56. The van der Waals surface area contributed by atoms with Gasteiger partial charge in [0.15, 0.2) is 5.11 Å². The Morgan fingerprint density at radius 2 is 1.45 bits per heavy atom. The standard InChI is InChI=1S/C23H17Cl2N3O2S/c1-2-26-21(29)20(22(30)28(23(26)31)18-11-7-16(25)8-12-18)14-19-4-3-13-27(19)17-9-5-15(24)6-10-17/h3-14H,2H2,1H3/b20-14+. The molecule has 1 saturated heterocycles. The minimum atomic E-state index is -0.481. The fourth-order valence-electron chi connectivity index (χ4n) is 3.37. The van der Waals surface area contributed by atoms with Crippen LogP contribution in [-0.2, 0) is 9.59 Å². The Balaban J connectivity index is 1.79. The van der Waals surface area contributed by atoms with Crippen LogP contribution in [0.15, 0.2) is 72.4 Å². The van der Waals surface area contributed by atoms with Crippen molar-refractivity contribution < 1.29 is 9.59 Å². The van der Waals surface area contributed by atoms with Gasteiger partial charge in [0.05, 0.1) is 5.69 Å². The fraction of sp³-hybridized carbons (Fsp3) is 0.0870. The molecule has 8 heteroatoms. The second-order valence-corrected chi connectivity index (χ2v) is 8.02. The molecule has 0 radical (unpaired) electrons. The van der Waals surface area contributed by atoms with E-state index in [0.29, 0.717) is 28.0 Å². The maximum absolute atomic E-state index is 13.4. The number of aromatic nitrogens is 1. The van der Waals surface area contributed by atoms with E-state index in [1.807, 2.05) is 42.0 Å². The summed E-state index contributed by atoms with van der Waals surface area (Å²) in [7, 11) is 0. The van der Waals surface area contributed by atoms with Crippen LogP contribution in [0.1, 0.15) is 12.6 Å². The van der Waals surface area contributed by atoms with Crippen LogP contribution in [0.4, 0.5) is 5.69 Å². The maximum Gasteiger partial charge on any atom is 0.270 e. The van der Waals surface area contributed by atoms with E-state index >= 15 is 0 Å². The van der Waals surface area contributed by atoms with Crippen LogP contribution in [0.5, 0.6) is 0 Å². The van der Waals surface area contributed by atoms with Crippen molar-refractivity contribution in [3.8, 4) is 5.69 Å². The zero-order valence-electron chi connectivity index (χ0n) is 16.5. The van der Waals surface area contributed by atoms with Crippen molar-refractivity contribution >= 4 is 64.1 Å². The van der Waals surface area contributed by atoms with Gasteiger partial charge >= 0.3 is 0 Å². The number of thiocarbonyl (C=S) groups is 1. The highest BCUT2D eigenvalue weighted by atomic mass is 35.5. The molecule has 5 nitrogen and oxygen atoms in total. The first-order valence-corrected chi connectivity index (χ1v) is 10.7. The molecule has 2 aromatic carbocycles. The molecule has 2 heterocycles. The normalized spacial score (nSPS) is 15.8. The maximum atomic E-state index is 13.4. The van der Waals surface area contributed by atoms with Gasteiger partial charge in [0, 0.05) is 34.2 Å². The Labute approximate surface area is 195 Å². The summed E-state index contributed by atoms with van der Waals surface area (Å²) in [4.78, 5) is 29.2. The first kappa shape index (κ1) is 21.3. The van der Waals surface area contributed by atoms with Crippen LogP contribution in [0.2, 0.25) is 10.0 Å². The molecule has 1 aliphatic heterocycles. The molecule has 3 aromatic rings. The van der Waals surface area contributed by atoms with Crippen molar-refractivity contribution in [3.63, 3.8) is 0 Å². The number of likely N-dealkylation sites (N-methyl/N-ethyl adjacent to an activating group) is 1. The average molecular weight is 470 g/mol. The number of nitrogens with zero attached hydrogens (tertiary/aromatic N) is 3. The number of hydrogen-bond acceptors (Lipinski definition) is 3. The molecular weight excluding hydrogens is 453 g/mol. The third-order valence-corrected chi connectivity index (χ3v) is 5.82. The van der Waals surface area contributed by atoms with Crippen LogP contribution in [0.3, 0.4) is 0 Å². The van der Waals surface area contributed by atoms with Gasteiger partial charge < -0.3 is 4.57 Å². The summed E-state index contributed by atoms with van der Waals surface area (Å²) in [5, 5.41) is 1.31. The van der Waals surface area contributed by atoms with Crippen molar-refractivity contribution in [2.45, 2.75) is 6.92 Å². The van der Waals surface area contributed by atoms with Crippen molar-refractivity contribution in [2.75, 3.05) is 11.4 Å². The van der Waals surface area contributed by atoms with Crippen LogP contribution in [-0.4, -0.2) is 32.9 Å². The van der Waals surface area contributed by atoms with E-state index in [4.69, 9.17) is 35.4 Å². The number of benzene rings is 2. The molecule has 4 rings (SSSR count). The van der Waals surface area contributed by atoms with Crippen LogP contribution >= 0.6 is 35.4 Å².